The lowest BCUT2D eigenvalue weighted by molar-refractivity contribution is 0.288. The van der Waals surface area contributed by atoms with Crippen LogP contribution in [0.2, 0.25) is 0 Å². The highest BCUT2D eigenvalue weighted by Crippen LogP contribution is 2.30. The molecule has 0 radical (unpaired) electrons. The molecule has 1 aromatic rings. The average molecular weight is 268 g/mol. The molecule has 100 valence electrons. The molecule has 1 fully saturated rings. The fourth-order valence-corrected chi connectivity index (χ4v) is 3.00. The Kier molecular flexibility index (Phi) is 4.52. The van der Waals surface area contributed by atoms with E-state index in [1.165, 1.54) is 43.2 Å². The van der Waals surface area contributed by atoms with Gasteiger partial charge in [-0.2, -0.15) is 0 Å². The first-order valence-corrected chi connectivity index (χ1v) is 6.77. The highest BCUT2D eigenvalue weighted by atomic mass is 35.5. The van der Waals surface area contributed by atoms with Gasteiger partial charge in [-0.15, -0.1) is 12.4 Å². The van der Waals surface area contributed by atoms with Crippen molar-refractivity contribution in [2.24, 2.45) is 0 Å². The summed E-state index contributed by atoms with van der Waals surface area (Å²) in [4.78, 5) is 0. The molecule has 0 aromatic heterocycles. The van der Waals surface area contributed by atoms with Crippen LogP contribution in [0.1, 0.15) is 36.8 Å². The van der Waals surface area contributed by atoms with Crippen molar-refractivity contribution < 1.29 is 4.74 Å². The third-order valence-electron chi connectivity index (χ3n) is 4.24. The van der Waals surface area contributed by atoms with Crippen LogP contribution in [0.3, 0.4) is 0 Å². The number of fused-ring (bicyclic) bond motifs is 1. The second-order valence-corrected chi connectivity index (χ2v) is 5.33. The summed E-state index contributed by atoms with van der Waals surface area (Å²) >= 11 is 0. The van der Waals surface area contributed by atoms with Crippen molar-refractivity contribution in [3.05, 3.63) is 29.3 Å². The molecule has 1 unspecified atom stereocenters. The third-order valence-corrected chi connectivity index (χ3v) is 4.24. The predicted octanol–water partition coefficient (Wildman–Crippen LogP) is 3.12. The zero-order valence-corrected chi connectivity index (χ0v) is 11.8. The Morgan fingerprint density at radius 2 is 2.00 bits per heavy atom. The number of halogens is 1. The Labute approximate surface area is 116 Å². The highest BCUT2D eigenvalue weighted by Gasteiger charge is 2.25. The van der Waals surface area contributed by atoms with E-state index >= 15 is 0 Å². The number of aryl methyl sites for hydroxylation is 1. The Morgan fingerprint density at radius 3 is 2.67 bits per heavy atom. The maximum Gasteiger partial charge on any atom is 0.122 e. The molecule has 2 nitrogen and oxygen atoms in total. The number of benzene rings is 1. The maximum absolute atomic E-state index is 5.48. The van der Waals surface area contributed by atoms with Crippen LogP contribution in [0.5, 0.6) is 5.75 Å². The van der Waals surface area contributed by atoms with E-state index in [1.807, 2.05) is 0 Å². The maximum atomic E-state index is 5.48. The van der Waals surface area contributed by atoms with Crippen LogP contribution in [0.25, 0.3) is 0 Å². The lowest BCUT2D eigenvalue weighted by atomic mass is 9.85. The molecular weight excluding hydrogens is 246 g/mol. The minimum Gasteiger partial charge on any atom is -0.496 e. The molecule has 18 heavy (non-hydrogen) atoms. The largest absolute Gasteiger partial charge is 0.496 e. The lowest BCUT2D eigenvalue weighted by Crippen LogP contribution is -2.44. The summed E-state index contributed by atoms with van der Waals surface area (Å²) in [6.45, 7) is 0. The smallest absolute Gasteiger partial charge is 0.122 e. The van der Waals surface area contributed by atoms with Gasteiger partial charge in [-0.1, -0.05) is 18.6 Å². The summed E-state index contributed by atoms with van der Waals surface area (Å²) in [7, 11) is 1.78. The molecule has 1 aromatic carbocycles. The van der Waals surface area contributed by atoms with Crippen LogP contribution in [-0.2, 0) is 12.8 Å². The van der Waals surface area contributed by atoms with Crippen molar-refractivity contribution in [1.82, 2.24) is 5.32 Å². The van der Waals surface area contributed by atoms with E-state index in [1.54, 1.807) is 7.11 Å². The number of ether oxygens (including phenoxy) is 1. The summed E-state index contributed by atoms with van der Waals surface area (Å²) in [5.74, 6) is 1.07. The summed E-state index contributed by atoms with van der Waals surface area (Å²) in [5, 5.41) is 3.79. The molecule has 1 atom stereocenters. The van der Waals surface area contributed by atoms with Crippen molar-refractivity contribution in [3.63, 3.8) is 0 Å². The molecule has 0 spiro atoms. The summed E-state index contributed by atoms with van der Waals surface area (Å²) in [6.07, 6.45) is 7.75. The first kappa shape index (κ1) is 13.7. The van der Waals surface area contributed by atoms with Gasteiger partial charge in [-0.3, -0.25) is 0 Å². The highest BCUT2D eigenvalue weighted by molar-refractivity contribution is 5.85. The molecule has 0 saturated heterocycles. The summed E-state index contributed by atoms with van der Waals surface area (Å²) < 4.78 is 5.48. The van der Waals surface area contributed by atoms with Gasteiger partial charge in [-0.05, 0) is 49.3 Å². The lowest BCUT2D eigenvalue weighted by Gasteiger charge is -2.34. The minimum atomic E-state index is 0. The van der Waals surface area contributed by atoms with Gasteiger partial charge in [0.25, 0.3) is 0 Å². The van der Waals surface area contributed by atoms with Gasteiger partial charge in [0.05, 0.1) is 7.11 Å². The van der Waals surface area contributed by atoms with E-state index in [0.29, 0.717) is 6.04 Å². The van der Waals surface area contributed by atoms with Crippen molar-refractivity contribution in [3.8, 4) is 5.75 Å². The van der Waals surface area contributed by atoms with Crippen LogP contribution < -0.4 is 10.1 Å². The number of rotatable bonds is 3. The number of methoxy groups -OCH3 is 1. The van der Waals surface area contributed by atoms with Gasteiger partial charge in [0.1, 0.15) is 5.75 Å². The van der Waals surface area contributed by atoms with E-state index in [9.17, 15) is 0 Å². The Bertz CT molecular complexity index is 389. The van der Waals surface area contributed by atoms with Gasteiger partial charge >= 0.3 is 0 Å². The standard InChI is InChI=1S/C15H21NO.ClH/c1-17-15-7-2-4-11-8-9-13(10-14(11)15)16-12-5-3-6-12;/h2,4,7,12-13,16H,3,5-6,8-10H2,1H3;1H. The normalized spacial score (nSPS) is 22.6. The SMILES string of the molecule is COc1cccc2c1CC(NC1CCC1)CC2.Cl. The van der Waals surface area contributed by atoms with Crippen molar-refractivity contribution >= 4 is 12.4 Å². The van der Waals surface area contributed by atoms with Crippen molar-refractivity contribution in [2.45, 2.75) is 50.6 Å². The number of hydrogen-bond acceptors (Lipinski definition) is 2. The molecule has 1 saturated carbocycles. The molecule has 2 aliphatic carbocycles. The number of hydrogen-bond donors (Lipinski definition) is 1. The molecular formula is C15H22ClNO. The van der Waals surface area contributed by atoms with Gasteiger partial charge in [0.2, 0.25) is 0 Å². The second kappa shape index (κ2) is 5.94. The molecule has 3 heteroatoms. The topological polar surface area (TPSA) is 21.3 Å². The second-order valence-electron chi connectivity index (χ2n) is 5.33. The summed E-state index contributed by atoms with van der Waals surface area (Å²) in [6, 6.07) is 7.89. The van der Waals surface area contributed by atoms with Crippen molar-refractivity contribution in [2.75, 3.05) is 7.11 Å². The van der Waals surface area contributed by atoms with Crippen LogP contribution >= 0.6 is 12.4 Å². The van der Waals surface area contributed by atoms with Gasteiger partial charge in [0, 0.05) is 12.1 Å². The third kappa shape index (κ3) is 2.65. The Hall–Kier alpha value is -0.730. The van der Waals surface area contributed by atoms with Gasteiger partial charge < -0.3 is 10.1 Å². The van der Waals surface area contributed by atoms with Crippen LogP contribution in [0.15, 0.2) is 18.2 Å². The molecule has 0 bridgehead atoms. The predicted molar refractivity (Wildman–Crippen MR) is 76.8 cm³/mol. The van der Waals surface area contributed by atoms with E-state index < -0.39 is 0 Å². The molecule has 2 aliphatic rings. The molecule has 0 aliphatic heterocycles. The fraction of sp³-hybridized carbons (Fsp3) is 0.600. The van der Waals surface area contributed by atoms with Crippen LogP contribution in [0.4, 0.5) is 0 Å². The molecule has 0 amide bonds. The van der Waals surface area contributed by atoms with Gasteiger partial charge in [-0.25, -0.2) is 0 Å². The first-order chi connectivity index (χ1) is 8.36. The average Bonchev–Trinajstić information content (AvgIpc) is 2.33. The van der Waals surface area contributed by atoms with Crippen LogP contribution in [-0.4, -0.2) is 19.2 Å². The summed E-state index contributed by atoms with van der Waals surface area (Å²) in [5.41, 5.74) is 2.91. The molecule has 1 N–H and O–H groups in total. The molecule has 3 rings (SSSR count). The van der Waals surface area contributed by atoms with E-state index in [4.69, 9.17) is 4.74 Å². The monoisotopic (exact) mass is 267 g/mol. The van der Waals surface area contributed by atoms with Gasteiger partial charge in [0.15, 0.2) is 0 Å². The Morgan fingerprint density at radius 1 is 1.17 bits per heavy atom. The zero-order chi connectivity index (χ0) is 11.7. The number of nitrogens with one attached hydrogen (secondary N) is 1. The Balaban J connectivity index is 0.00000120. The van der Waals surface area contributed by atoms with E-state index in [-0.39, 0.29) is 12.4 Å². The first-order valence-electron chi connectivity index (χ1n) is 6.77. The van der Waals surface area contributed by atoms with Crippen LogP contribution in [0, 0.1) is 0 Å². The minimum absolute atomic E-state index is 0. The quantitative estimate of drug-likeness (QED) is 0.909. The van der Waals surface area contributed by atoms with Crippen molar-refractivity contribution in [1.29, 1.82) is 0 Å². The van der Waals surface area contributed by atoms with E-state index in [2.05, 4.69) is 23.5 Å². The zero-order valence-electron chi connectivity index (χ0n) is 10.9. The van der Waals surface area contributed by atoms with E-state index in [0.717, 1.165) is 18.2 Å². The fourth-order valence-electron chi connectivity index (χ4n) is 3.00. The molecule has 0 heterocycles.